The molecular formula is C29H40N2O7. The number of ether oxygens (including phenoxy) is 4. The van der Waals surface area contributed by atoms with Gasteiger partial charge in [-0.3, -0.25) is 14.9 Å². The molecule has 0 fully saturated rings. The highest BCUT2D eigenvalue weighted by Crippen LogP contribution is 2.16. The van der Waals surface area contributed by atoms with Gasteiger partial charge in [0.25, 0.3) is 0 Å². The lowest BCUT2D eigenvalue weighted by Crippen LogP contribution is -2.45. The minimum Gasteiger partial charge on any atom is -0.492 e. The van der Waals surface area contributed by atoms with E-state index in [1.54, 1.807) is 53.7 Å². The van der Waals surface area contributed by atoms with Gasteiger partial charge in [0.2, 0.25) is 0 Å². The van der Waals surface area contributed by atoms with Crippen molar-refractivity contribution in [3.8, 4) is 5.75 Å². The fraction of sp³-hybridized carbons (Fsp3) is 0.483. The molecule has 0 saturated heterocycles. The summed E-state index contributed by atoms with van der Waals surface area (Å²) in [6, 6.07) is 15.9. The largest absolute Gasteiger partial charge is 0.492 e. The van der Waals surface area contributed by atoms with Gasteiger partial charge in [0, 0.05) is 0 Å². The molecule has 2 aromatic rings. The molecule has 0 saturated carbocycles. The lowest BCUT2D eigenvalue weighted by molar-refractivity contribution is -0.158. The minimum atomic E-state index is -0.736. The number of carbonyl (C=O) groups excluding carboxylic acids is 3. The van der Waals surface area contributed by atoms with Gasteiger partial charge in [-0.2, -0.15) is 0 Å². The van der Waals surface area contributed by atoms with E-state index in [-0.39, 0.29) is 26.3 Å². The molecule has 0 unspecified atom stereocenters. The zero-order valence-corrected chi connectivity index (χ0v) is 23.2. The number of carbonyl (C=O) groups is 3. The normalized spacial score (nSPS) is 12.3. The van der Waals surface area contributed by atoms with E-state index in [1.807, 2.05) is 42.5 Å². The number of benzene rings is 2. The number of rotatable bonds is 12. The molecule has 0 radical (unpaired) electrons. The molecule has 1 amide bonds. The summed E-state index contributed by atoms with van der Waals surface area (Å²) in [5, 5.41) is 5.61. The second kappa shape index (κ2) is 14.4. The van der Waals surface area contributed by atoms with Crippen molar-refractivity contribution in [3.05, 3.63) is 65.7 Å². The highest BCUT2D eigenvalue weighted by molar-refractivity contribution is 5.78. The zero-order valence-electron chi connectivity index (χ0n) is 23.2. The van der Waals surface area contributed by atoms with Crippen molar-refractivity contribution in [1.29, 1.82) is 0 Å². The lowest BCUT2D eigenvalue weighted by Gasteiger charge is -2.25. The first kappa shape index (κ1) is 30.6. The Morgan fingerprint density at radius 2 is 1.45 bits per heavy atom. The van der Waals surface area contributed by atoms with Crippen molar-refractivity contribution in [3.63, 3.8) is 0 Å². The molecular weight excluding hydrogens is 488 g/mol. The molecule has 2 rings (SSSR count). The topological polar surface area (TPSA) is 112 Å². The van der Waals surface area contributed by atoms with E-state index in [9.17, 15) is 14.4 Å². The van der Waals surface area contributed by atoms with Gasteiger partial charge in [0.15, 0.2) is 0 Å². The summed E-state index contributed by atoms with van der Waals surface area (Å²) in [6.45, 7) is 11.4. The van der Waals surface area contributed by atoms with E-state index < -0.39 is 35.3 Å². The lowest BCUT2D eigenvalue weighted by atomic mass is 10.1. The van der Waals surface area contributed by atoms with Crippen molar-refractivity contribution >= 4 is 18.0 Å². The van der Waals surface area contributed by atoms with Crippen LogP contribution in [-0.4, -0.2) is 55.0 Å². The molecule has 38 heavy (non-hydrogen) atoms. The Bertz CT molecular complexity index is 1030. The van der Waals surface area contributed by atoms with Crippen LogP contribution in [-0.2, 0) is 36.8 Å². The van der Waals surface area contributed by atoms with Crippen LogP contribution in [0.2, 0.25) is 0 Å². The van der Waals surface area contributed by atoms with Gasteiger partial charge in [-0.1, -0.05) is 42.5 Å². The SMILES string of the molecule is CC(C)(C)OC(=O)CN[C@@H](Cc1ccc(OCCNC(=O)OCc2ccccc2)cc1)C(=O)OC(C)(C)C. The van der Waals surface area contributed by atoms with Crippen LogP contribution in [0.25, 0.3) is 0 Å². The first-order valence-electron chi connectivity index (χ1n) is 12.6. The molecule has 0 spiro atoms. The number of esters is 2. The fourth-order valence-corrected chi connectivity index (χ4v) is 3.25. The van der Waals surface area contributed by atoms with Crippen molar-refractivity contribution in [2.45, 2.75) is 71.8 Å². The second-order valence-electron chi connectivity index (χ2n) is 10.7. The van der Waals surface area contributed by atoms with E-state index in [0.29, 0.717) is 12.2 Å². The zero-order chi connectivity index (χ0) is 28.2. The molecule has 208 valence electrons. The van der Waals surface area contributed by atoms with Crippen LogP contribution >= 0.6 is 0 Å². The number of hydrogen-bond donors (Lipinski definition) is 2. The standard InChI is InChI=1S/C29H40N2O7/c1-28(2,3)37-25(32)19-31-24(26(33)38-29(4,5)6)18-21-12-14-23(15-13-21)35-17-16-30-27(34)36-20-22-10-8-7-9-11-22/h7-15,24,31H,16-20H2,1-6H3,(H,30,34)/t24-/m0/s1. The average molecular weight is 529 g/mol. The van der Waals surface area contributed by atoms with Crippen LogP contribution < -0.4 is 15.4 Å². The summed E-state index contributed by atoms with van der Waals surface area (Å²) in [7, 11) is 0. The Hall–Kier alpha value is -3.59. The van der Waals surface area contributed by atoms with Gasteiger partial charge in [0.1, 0.15) is 36.2 Å². The fourth-order valence-electron chi connectivity index (χ4n) is 3.25. The minimum absolute atomic E-state index is 0.122. The summed E-state index contributed by atoms with van der Waals surface area (Å²) in [6.07, 6.45) is -0.202. The smallest absolute Gasteiger partial charge is 0.407 e. The van der Waals surface area contributed by atoms with Crippen LogP contribution in [0, 0.1) is 0 Å². The van der Waals surface area contributed by atoms with E-state index in [2.05, 4.69) is 10.6 Å². The molecule has 0 heterocycles. The van der Waals surface area contributed by atoms with Crippen LogP contribution in [0.4, 0.5) is 4.79 Å². The van der Waals surface area contributed by atoms with Crippen molar-refractivity contribution < 1.29 is 33.3 Å². The molecule has 0 bridgehead atoms. The Labute approximate surface area is 225 Å². The molecule has 1 atom stereocenters. The Balaban J connectivity index is 1.82. The Morgan fingerprint density at radius 3 is 2.05 bits per heavy atom. The molecule has 0 aliphatic rings. The first-order chi connectivity index (χ1) is 17.8. The van der Waals surface area contributed by atoms with Crippen LogP contribution in [0.1, 0.15) is 52.7 Å². The quantitative estimate of drug-likeness (QED) is 0.240. The van der Waals surface area contributed by atoms with Crippen molar-refractivity contribution in [1.82, 2.24) is 10.6 Å². The predicted molar refractivity (Wildman–Crippen MR) is 144 cm³/mol. The van der Waals surface area contributed by atoms with Gasteiger partial charge in [-0.25, -0.2) is 4.79 Å². The maximum absolute atomic E-state index is 12.8. The van der Waals surface area contributed by atoms with Gasteiger partial charge in [0.05, 0.1) is 13.1 Å². The molecule has 2 N–H and O–H groups in total. The molecule has 2 aromatic carbocycles. The third kappa shape index (κ3) is 13.1. The first-order valence-corrected chi connectivity index (χ1v) is 12.6. The Morgan fingerprint density at radius 1 is 0.816 bits per heavy atom. The summed E-state index contributed by atoms with van der Waals surface area (Å²) in [5.41, 5.74) is 0.483. The van der Waals surface area contributed by atoms with Gasteiger partial charge < -0.3 is 24.3 Å². The van der Waals surface area contributed by atoms with E-state index in [0.717, 1.165) is 11.1 Å². The molecule has 0 aliphatic carbocycles. The second-order valence-corrected chi connectivity index (χ2v) is 10.7. The average Bonchev–Trinajstić information content (AvgIpc) is 2.82. The number of alkyl carbamates (subject to hydrolysis) is 1. The maximum Gasteiger partial charge on any atom is 0.407 e. The van der Waals surface area contributed by atoms with Crippen molar-refractivity contribution in [2.24, 2.45) is 0 Å². The van der Waals surface area contributed by atoms with Crippen LogP contribution in [0.3, 0.4) is 0 Å². The van der Waals surface area contributed by atoms with Crippen LogP contribution in [0.5, 0.6) is 5.75 Å². The third-order valence-electron chi connectivity index (χ3n) is 4.82. The van der Waals surface area contributed by atoms with Crippen molar-refractivity contribution in [2.75, 3.05) is 19.7 Å². The predicted octanol–water partition coefficient (Wildman–Crippen LogP) is 4.18. The summed E-state index contributed by atoms with van der Waals surface area (Å²) in [5.74, 6) is -0.289. The van der Waals surface area contributed by atoms with E-state index in [4.69, 9.17) is 18.9 Å². The van der Waals surface area contributed by atoms with Gasteiger partial charge >= 0.3 is 18.0 Å². The highest BCUT2D eigenvalue weighted by atomic mass is 16.6. The van der Waals surface area contributed by atoms with Gasteiger partial charge in [-0.15, -0.1) is 0 Å². The molecule has 9 nitrogen and oxygen atoms in total. The number of nitrogens with one attached hydrogen (secondary N) is 2. The summed E-state index contributed by atoms with van der Waals surface area (Å²) in [4.78, 5) is 36.7. The monoisotopic (exact) mass is 528 g/mol. The highest BCUT2D eigenvalue weighted by Gasteiger charge is 2.27. The third-order valence-corrected chi connectivity index (χ3v) is 4.82. The number of hydrogen-bond acceptors (Lipinski definition) is 8. The van der Waals surface area contributed by atoms with E-state index >= 15 is 0 Å². The summed E-state index contributed by atoms with van der Waals surface area (Å²) >= 11 is 0. The molecule has 9 heteroatoms. The van der Waals surface area contributed by atoms with Crippen LogP contribution in [0.15, 0.2) is 54.6 Å². The molecule has 0 aliphatic heterocycles. The number of amides is 1. The van der Waals surface area contributed by atoms with Gasteiger partial charge in [-0.05, 0) is 71.2 Å². The Kier molecular flexibility index (Phi) is 11.6. The van der Waals surface area contributed by atoms with E-state index in [1.165, 1.54) is 0 Å². The maximum atomic E-state index is 12.8. The molecule has 0 aromatic heterocycles. The summed E-state index contributed by atoms with van der Waals surface area (Å²) < 4.78 is 21.7.